The number of hydrogen-bond acceptors (Lipinski definition) is 4. The Morgan fingerprint density at radius 3 is 2.58 bits per heavy atom. The van der Waals surface area contributed by atoms with Crippen molar-refractivity contribution in [2.75, 3.05) is 7.11 Å². The topological polar surface area (TPSA) is 51.0 Å². The van der Waals surface area contributed by atoms with Crippen molar-refractivity contribution in [3.8, 4) is 0 Å². The minimum Gasteiger partial charge on any atom is -0.469 e. The summed E-state index contributed by atoms with van der Waals surface area (Å²) in [5.41, 5.74) is 0. The van der Waals surface area contributed by atoms with Gasteiger partial charge < -0.3 is 4.74 Å². The minimum atomic E-state index is -0.220. The molecule has 0 amide bonds. The molecule has 1 unspecified atom stereocenters. The first-order valence-corrected chi connectivity index (χ1v) is 3.95. The van der Waals surface area contributed by atoms with Crippen molar-refractivity contribution in [3.05, 3.63) is 0 Å². The first-order chi connectivity index (χ1) is 5.81. The Labute approximate surface area is 70.3 Å². The van der Waals surface area contributed by atoms with E-state index in [9.17, 15) is 4.79 Å². The Hall–Kier alpha value is -1.19. The van der Waals surface area contributed by atoms with Crippen molar-refractivity contribution in [2.24, 2.45) is 21.8 Å². The molecule has 0 fully saturated rings. The lowest BCUT2D eigenvalue weighted by atomic mass is 9.88. The number of fused-ring (bicyclic) bond motifs is 1. The molecule has 0 saturated heterocycles. The van der Waals surface area contributed by atoms with Crippen LogP contribution in [0.3, 0.4) is 0 Å². The second kappa shape index (κ2) is 2.69. The van der Waals surface area contributed by atoms with Gasteiger partial charge >= 0.3 is 5.97 Å². The van der Waals surface area contributed by atoms with E-state index in [1.165, 1.54) is 7.11 Å². The van der Waals surface area contributed by atoms with Gasteiger partial charge in [-0.3, -0.25) is 14.8 Å². The lowest BCUT2D eigenvalue weighted by Gasteiger charge is -2.29. The molecule has 0 aliphatic carbocycles. The number of hydrogen-bond donors (Lipinski definition) is 0. The summed E-state index contributed by atoms with van der Waals surface area (Å²) in [6.45, 7) is 0. The average molecular weight is 166 g/mol. The van der Waals surface area contributed by atoms with Gasteiger partial charge in [0, 0.05) is 18.3 Å². The Balaban J connectivity index is 2.16. The summed E-state index contributed by atoms with van der Waals surface area (Å²) < 4.78 is 4.66. The molecule has 3 aliphatic heterocycles. The van der Waals surface area contributed by atoms with Gasteiger partial charge in [0.2, 0.25) is 0 Å². The predicted octanol–water partition coefficient (Wildman–Crippen LogP) is 0.277. The molecular formula is C8H10N2O2. The third-order valence-corrected chi connectivity index (χ3v) is 2.25. The number of aliphatic imine (C=N–C) groups is 2. The zero-order valence-corrected chi connectivity index (χ0v) is 6.80. The molecule has 0 aromatic carbocycles. The summed E-state index contributed by atoms with van der Waals surface area (Å²) in [7, 11) is 1.40. The van der Waals surface area contributed by atoms with Gasteiger partial charge in [0.05, 0.1) is 7.11 Å². The van der Waals surface area contributed by atoms with E-state index >= 15 is 0 Å². The molecule has 2 bridgehead atoms. The quantitative estimate of drug-likeness (QED) is 0.525. The summed E-state index contributed by atoms with van der Waals surface area (Å²) in [6, 6.07) is 0. The van der Waals surface area contributed by atoms with E-state index in [1.807, 2.05) is 12.4 Å². The van der Waals surface area contributed by atoms with Crippen LogP contribution < -0.4 is 0 Å². The molecule has 0 aromatic heterocycles. The van der Waals surface area contributed by atoms with E-state index in [0.29, 0.717) is 0 Å². The van der Waals surface area contributed by atoms with Gasteiger partial charge in [-0.15, -0.1) is 0 Å². The monoisotopic (exact) mass is 166 g/mol. The number of nitrogens with zero attached hydrogens (tertiary/aromatic N) is 2. The van der Waals surface area contributed by atoms with Gasteiger partial charge in [-0.25, -0.2) is 0 Å². The fourth-order valence-electron chi connectivity index (χ4n) is 1.59. The number of rotatable bonds is 1. The number of esters is 1. The first-order valence-electron chi connectivity index (χ1n) is 3.95. The van der Waals surface area contributed by atoms with Crippen LogP contribution in [0, 0.1) is 11.8 Å². The summed E-state index contributed by atoms with van der Waals surface area (Å²) in [5, 5.41) is 0. The smallest absolute Gasteiger partial charge is 0.312 e. The Morgan fingerprint density at radius 1 is 1.50 bits per heavy atom. The molecule has 0 aromatic rings. The van der Waals surface area contributed by atoms with Crippen LogP contribution in [-0.4, -0.2) is 31.7 Å². The van der Waals surface area contributed by atoms with Gasteiger partial charge in [0.1, 0.15) is 5.92 Å². The summed E-state index contributed by atoms with van der Waals surface area (Å²) in [5.74, 6) is -0.118. The molecule has 64 valence electrons. The van der Waals surface area contributed by atoms with Gasteiger partial charge in [-0.1, -0.05) is 0 Å². The van der Waals surface area contributed by atoms with Crippen LogP contribution in [0.15, 0.2) is 9.98 Å². The fourth-order valence-corrected chi connectivity index (χ4v) is 1.59. The summed E-state index contributed by atoms with van der Waals surface area (Å²) in [4.78, 5) is 19.4. The number of carbonyl (C=O) groups is 1. The molecular weight excluding hydrogens is 156 g/mol. The third-order valence-electron chi connectivity index (χ3n) is 2.25. The molecule has 0 N–H and O–H groups in total. The zero-order valence-electron chi connectivity index (χ0n) is 6.80. The summed E-state index contributed by atoms with van der Waals surface area (Å²) >= 11 is 0. The predicted molar refractivity (Wildman–Crippen MR) is 44.4 cm³/mol. The van der Waals surface area contributed by atoms with Crippen LogP contribution in [0.4, 0.5) is 0 Å². The first kappa shape index (κ1) is 7.46. The molecule has 3 heterocycles. The molecule has 1 atom stereocenters. The number of ether oxygens (including phenoxy) is 1. The fraction of sp³-hybridized carbons (Fsp3) is 0.625. The van der Waals surface area contributed by atoms with Crippen LogP contribution >= 0.6 is 0 Å². The highest BCUT2D eigenvalue weighted by Gasteiger charge is 2.36. The molecule has 0 spiro atoms. The van der Waals surface area contributed by atoms with Crippen LogP contribution in [-0.2, 0) is 9.53 Å². The molecule has 12 heavy (non-hydrogen) atoms. The van der Waals surface area contributed by atoms with Crippen LogP contribution in [0.2, 0.25) is 0 Å². The highest BCUT2D eigenvalue weighted by atomic mass is 16.5. The largest absolute Gasteiger partial charge is 0.469 e. The minimum absolute atomic E-state index is 0.157. The SMILES string of the molecule is COC(=O)C1CC2C=NC1N=C2. The van der Waals surface area contributed by atoms with Crippen molar-refractivity contribution in [2.45, 2.75) is 12.6 Å². The normalized spacial score (nSPS) is 36.9. The highest BCUT2D eigenvalue weighted by Crippen LogP contribution is 2.27. The van der Waals surface area contributed by atoms with E-state index in [0.717, 1.165) is 6.42 Å². The molecule has 4 nitrogen and oxygen atoms in total. The number of methoxy groups -OCH3 is 1. The summed E-state index contributed by atoms with van der Waals surface area (Å²) in [6.07, 6.45) is 4.29. The van der Waals surface area contributed by atoms with Gasteiger partial charge in [0.25, 0.3) is 0 Å². The maximum Gasteiger partial charge on any atom is 0.312 e. The second-order valence-electron chi connectivity index (χ2n) is 3.04. The van der Waals surface area contributed by atoms with E-state index in [2.05, 4.69) is 14.7 Å². The van der Waals surface area contributed by atoms with Crippen molar-refractivity contribution in [1.29, 1.82) is 0 Å². The Bertz CT molecular complexity index is 246. The highest BCUT2D eigenvalue weighted by molar-refractivity contribution is 5.89. The maximum absolute atomic E-state index is 11.2. The van der Waals surface area contributed by atoms with Crippen molar-refractivity contribution in [3.63, 3.8) is 0 Å². The lowest BCUT2D eigenvalue weighted by molar-refractivity contribution is -0.146. The second-order valence-corrected chi connectivity index (χ2v) is 3.04. The van der Waals surface area contributed by atoms with Gasteiger partial charge in [0.15, 0.2) is 6.17 Å². The lowest BCUT2D eigenvalue weighted by Crippen LogP contribution is -2.37. The maximum atomic E-state index is 11.2. The van der Waals surface area contributed by atoms with Crippen LogP contribution in [0.5, 0.6) is 0 Å². The molecule has 3 aliphatic rings. The van der Waals surface area contributed by atoms with Crippen molar-refractivity contribution in [1.82, 2.24) is 0 Å². The molecule has 3 rings (SSSR count). The van der Waals surface area contributed by atoms with Gasteiger partial charge in [-0.05, 0) is 6.42 Å². The van der Waals surface area contributed by atoms with Crippen LogP contribution in [0.25, 0.3) is 0 Å². The standard InChI is InChI=1S/C8H10N2O2/c1-12-8(11)6-2-5-3-9-7(6)10-4-5/h3-7H,2H2,1H3. The molecule has 0 radical (unpaired) electrons. The van der Waals surface area contributed by atoms with Crippen LogP contribution in [0.1, 0.15) is 6.42 Å². The average Bonchev–Trinajstić information content (AvgIpc) is 2.18. The third kappa shape index (κ3) is 1.03. The molecule has 0 saturated carbocycles. The number of carbonyl (C=O) groups excluding carboxylic acids is 1. The molecule has 4 heteroatoms. The van der Waals surface area contributed by atoms with E-state index in [-0.39, 0.29) is 24.0 Å². The van der Waals surface area contributed by atoms with E-state index < -0.39 is 0 Å². The van der Waals surface area contributed by atoms with Crippen molar-refractivity contribution >= 4 is 18.4 Å². The van der Waals surface area contributed by atoms with E-state index in [4.69, 9.17) is 0 Å². The Kier molecular flexibility index (Phi) is 1.67. The van der Waals surface area contributed by atoms with E-state index in [1.54, 1.807) is 0 Å². The Morgan fingerprint density at radius 2 is 2.17 bits per heavy atom. The zero-order chi connectivity index (χ0) is 8.55. The van der Waals surface area contributed by atoms with Gasteiger partial charge in [-0.2, -0.15) is 0 Å². The van der Waals surface area contributed by atoms with Crippen molar-refractivity contribution < 1.29 is 9.53 Å².